The molecule has 30 heavy (non-hydrogen) atoms. The molecule has 1 aromatic carbocycles. The molecule has 1 aromatic rings. The van der Waals surface area contributed by atoms with Crippen molar-refractivity contribution in [3.63, 3.8) is 0 Å². The van der Waals surface area contributed by atoms with E-state index in [2.05, 4.69) is 13.8 Å². The van der Waals surface area contributed by atoms with Gasteiger partial charge in [-0.3, -0.25) is 0 Å². The monoisotopic (exact) mass is 440 g/mol. The van der Waals surface area contributed by atoms with Crippen LogP contribution in [0.4, 0.5) is 0 Å². The van der Waals surface area contributed by atoms with E-state index in [4.69, 9.17) is 9.05 Å². The first-order chi connectivity index (χ1) is 14.7. The van der Waals surface area contributed by atoms with Gasteiger partial charge >= 0.3 is 187 Å². The van der Waals surface area contributed by atoms with Crippen LogP contribution in [-0.4, -0.2) is 18.1 Å². The zero-order chi connectivity index (χ0) is 21.8. The third-order valence-corrected chi connectivity index (χ3v) is 7.98. The summed E-state index contributed by atoms with van der Waals surface area (Å²) in [5.41, 5.74) is 0. The Morgan fingerprint density at radius 3 is 1.33 bits per heavy atom. The average Bonchev–Trinajstić information content (AvgIpc) is 2.77. The summed E-state index contributed by atoms with van der Waals surface area (Å²) in [5, 5.41) is 0.823. The number of unbranched alkanes of at least 4 members (excludes halogenated alkanes) is 14. The van der Waals surface area contributed by atoms with Gasteiger partial charge < -0.3 is 0 Å². The summed E-state index contributed by atoms with van der Waals surface area (Å²) in [5.74, 6) is 0. The van der Waals surface area contributed by atoms with Gasteiger partial charge in [-0.1, -0.05) is 0 Å². The third kappa shape index (κ3) is 13.8. The van der Waals surface area contributed by atoms with Crippen molar-refractivity contribution in [1.82, 2.24) is 0 Å². The molecule has 0 saturated heterocycles. The van der Waals surface area contributed by atoms with Crippen LogP contribution in [0.5, 0.6) is 0 Å². The molecular weight excluding hydrogens is 391 g/mol. The molecule has 1 rings (SSSR count). The van der Waals surface area contributed by atoms with Crippen LogP contribution < -0.4 is 5.30 Å². The second kappa shape index (κ2) is 19.2. The quantitative estimate of drug-likeness (QED) is 0.155. The Kier molecular flexibility index (Phi) is 17.7. The van der Waals surface area contributed by atoms with E-state index in [9.17, 15) is 4.89 Å². The summed E-state index contributed by atoms with van der Waals surface area (Å²) in [6, 6.07) is 9.75. The van der Waals surface area contributed by atoms with E-state index in [1.807, 2.05) is 30.3 Å². The van der Waals surface area contributed by atoms with E-state index in [-0.39, 0.29) is 0 Å². The second-order valence-corrected chi connectivity index (χ2v) is 10.9. The number of hydrogen-bond donors (Lipinski definition) is 1. The van der Waals surface area contributed by atoms with Gasteiger partial charge in [0.1, 0.15) is 0 Å². The molecule has 0 saturated carbocycles. The van der Waals surface area contributed by atoms with Crippen molar-refractivity contribution in [2.45, 2.75) is 117 Å². The van der Waals surface area contributed by atoms with Crippen LogP contribution in [0.1, 0.15) is 117 Å². The van der Waals surface area contributed by atoms with Crippen LogP contribution in [0.2, 0.25) is 0 Å². The van der Waals surface area contributed by atoms with Crippen molar-refractivity contribution in [3.8, 4) is 0 Å². The van der Waals surface area contributed by atoms with Crippen molar-refractivity contribution < 1.29 is 13.9 Å². The molecule has 0 aliphatic heterocycles. The van der Waals surface area contributed by atoms with Gasteiger partial charge in [-0.15, -0.1) is 0 Å². The summed E-state index contributed by atoms with van der Waals surface area (Å²) < 4.78 is 12.0. The summed E-state index contributed by atoms with van der Waals surface area (Å²) in [6.45, 7) is 5.69. The molecule has 0 aliphatic carbocycles. The first-order valence-electron chi connectivity index (χ1n) is 12.8. The molecule has 0 heterocycles. The zero-order valence-electron chi connectivity index (χ0n) is 19.9. The van der Waals surface area contributed by atoms with Gasteiger partial charge in [0, 0.05) is 0 Å². The molecule has 0 unspecified atom stereocenters. The first kappa shape index (κ1) is 27.6. The van der Waals surface area contributed by atoms with E-state index in [1.54, 1.807) is 0 Å². The van der Waals surface area contributed by atoms with Crippen molar-refractivity contribution in [1.29, 1.82) is 0 Å². The molecule has 0 bridgehead atoms. The Hall–Kier alpha value is -0.470. The Morgan fingerprint density at radius 1 is 0.567 bits per heavy atom. The Bertz CT molecular complexity index is 458. The second-order valence-electron chi connectivity index (χ2n) is 8.59. The van der Waals surface area contributed by atoms with Crippen LogP contribution in [0.15, 0.2) is 30.3 Å². The molecule has 0 radical (unpaired) electrons. The Balaban J connectivity index is 2.25. The van der Waals surface area contributed by atoms with Crippen molar-refractivity contribution in [2.75, 3.05) is 13.2 Å². The average molecular weight is 441 g/mol. The number of hydrogen-bond acceptors (Lipinski definition) is 3. The van der Waals surface area contributed by atoms with Gasteiger partial charge in [0.05, 0.1) is 0 Å². The standard InChI is InChI=1S/C26H49O3P/c1-3-5-7-9-11-13-15-20-24-28-30(27,26-22-18-17-19-23-26)29-25-21-16-14-12-10-8-6-4-2/h17-19,22-23,27,30H,3-16,20-21,24-25H2,1-2H3. The molecule has 0 atom stereocenters. The topological polar surface area (TPSA) is 38.7 Å². The number of rotatable bonds is 21. The summed E-state index contributed by atoms with van der Waals surface area (Å²) in [4.78, 5) is 11.2. The van der Waals surface area contributed by atoms with Gasteiger partial charge in [0.2, 0.25) is 0 Å². The van der Waals surface area contributed by atoms with Gasteiger partial charge in [-0.25, -0.2) is 0 Å². The fourth-order valence-electron chi connectivity index (χ4n) is 3.75. The fraction of sp³-hybridized carbons (Fsp3) is 0.769. The van der Waals surface area contributed by atoms with Gasteiger partial charge in [0.25, 0.3) is 0 Å². The van der Waals surface area contributed by atoms with Gasteiger partial charge in [-0.05, 0) is 0 Å². The molecule has 4 heteroatoms. The van der Waals surface area contributed by atoms with Gasteiger partial charge in [0.15, 0.2) is 0 Å². The van der Waals surface area contributed by atoms with Crippen molar-refractivity contribution in [3.05, 3.63) is 30.3 Å². The van der Waals surface area contributed by atoms with E-state index in [1.165, 1.54) is 89.9 Å². The summed E-state index contributed by atoms with van der Waals surface area (Å²) >= 11 is 0. The van der Waals surface area contributed by atoms with Crippen molar-refractivity contribution >= 4 is 13.2 Å². The molecule has 0 amide bonds. The summed E-state index contributed by atoms with van der Waals surface area (Å²) in [6.07, 6.45) is 20.2. The number of benzene rings is 1. The predicted octanol–water partition coefficient (Wildman–Crippen LogP) is 8.11. The molecule has 1 N–H and O–H groups in total. The maximum atomic E-state index is 11.2. The van der Waals surface area contributed by atoms with Crippen LogP contribution in [0.25, 0.3) is 0 Å². The maximum absolute atomic E-state index is 11.2. The molecule has 0 fully saturated rings. The minimum atomic E-state index is -3.30. The SMILES string of the molecule is CCCCCCCCCCO[PH](O)(OCCCCCCCCCC)c1ccccc1. The molecule has 176 valence electrons. The summed E-state index contributed by atoms with van der Waals surface area (Å²) in [7, 11) is -3.30. The van der Waals surface area contributed by atoms with Crippen molar-refractivity contribution in [2.24, 2.45) is 0 Å². The fourth-order valence-corrected chi connectivity index (χ4v) is 5.62. The normalized spacial score (nSPS) is 12.4. The molecular formula is C26H49O3P. The van der Waals surface area contributed by atoms with Crippen LogP contribution >= 0.6 is 7.94 Å². The Morgan fingerprint density at radius 2 is 0.933 bits per heavy atom. The molecule has 0 aromatic heterocycles. The zero-order valence-corrected chi connectivity index (χ0v) is 20.9. The van der Waals surface area contributed by atoms with E-state index in [0.29, 0.717) is 13.2 Å². The molecule has 0 spiro atoms. The minimum absolute atomic E-state index is 0.587. The molecule has 0 aliphatic rings. The van der Waals surface area contributed by atoms with Crippen LogP contribution in [0, 0.1) is 0 Å². The van der Waals surface area contributed by atoms with Gasteiger partial charge in [-0.2, -0.15) is 0 Å². The van der Waals surface area contributed by atoms with Crippen LogP contribution in [0.3, 0.4) is 0 Å². The predicted molar refractivity (Wildman–Crippen MR) is 134 cm³/mol. The van der Waals surface area contributed by atoms with E-state index < -0.39 is 7.94 Å². The van der Waals surface area contributed by atoms with E-state index >= 15 is 0 Å². The molecule has 3 nitrogen and oxygen atoms in total. The van der Waals surface area contributed by atoms with Crippen LogP contribution in [-0.2, 0) is 9.05 Å². The third-order valence-electron chi connectivity index (χ3n) is 5.73. The Labute approximate surface area is 187 Å². The first-order valence-corrected chi connectivity index (χ1v) is 14.5. The van der Waals surface area contributed by atoms with E-state index in [0.717, 1.165) is 18.1 Å².